The van der Waals surface area contributed by atoms with E-state index >= 15 is 0 Å². The number of aliphatic hydroxyl groups is 1. The highest BCUT2D eigenvalue weighted by Gasteiger charge is 2.20. The second kappa shape index (κ2) is 7.20. The topological polar surface area (TPSA) is 38.7 Å². The molecule has 15 heavy (non-hydrogen) atoms. The molecular weight excluding hydrogens is 192 g/mol. The van der Waals surface area contributed by atoms with Gasteiger partial charge in [0.25, 0.3) is 0 Å². The normalized spacial score (nSPS) is 27.2. The van der Waals surface area contributed by atoms with Gasteiger partial charge in [0.15, 0.2) is 0 Å². The van der Waals surface area contributed by atoms with Crippen molar-refractivity contribution in [2.24, 2.45) is 5.92 Å². The van der Waals surface area contributed by atoms with Gasteiger partial charge in [0, 0.05) is 6.61 Å². The van der Waals surface area contributed by atoms with E-state index in [1.807, 2.05) is 13.8 Å². The first-order valence-corrected chi connectivity index (χ1v) is 6.06. The molecule has 1 aliphatic rings. The van der Waals surface area contributed by atoms with Crippen molar-refractivity contribution in [2.45, 2.75) is 51.7 Å². The lowest BCUT2D eigenvalue weighted by molar-refractivity contribution is -0.0315. The van der Waals surface area contributed by atoms with E-state index in [0.717, 1.165) is 25.7 Å². The van der Waals surface area contributed by atoms with Gasteiger partial charge in [-0.3, -0.25) is 0 Å². The lowest BCUT2D eigenvalue weighted by Crippen LogP contribution is -2.25. The number of hydrogen-bond donors (Lipinski definition) is 1. The second-order valence-corrected chi connectivity index (χ2v) is 4.62. The molecule has 0 aliphatic heterocycles. The van der Waals surface area contributed by atoms with Crippen LogP contribution in [0.4, 0.5) is 0 Å². The summed E-state index contributed by atoms with van der Waals surface area (Å²) in [5.74, 6) is 0.511. The largest absolute Gasteiger partial charge is 0.396 e. The Morgan fingerprint density at radius 3 is 2.33 bits per heavy atom. The molecule has 0 aromatic carbocycles. The van der Waals surface area contributed by atoms with Crippen LogP contribution in [0.3, 0.4) is 0 Å². The Morgan fingerprint density at radius 1 is 1.13 bits per heavy atom. The van der Waals surface area contributed by atoms with Crippen molar-refractivity contribution in [1.82, 2.24) is 0 Å². The van der Waals surface area contributed by atoms with Crippen molar-refractivity contribution in [1.29, 1.82) is 0 Å². The van der Waals surface area contributed by atoms with E-state index in [-0.39, 0.29) is 0 Å². The van der Waals surface area contributed by atoms with E-state index in [4.69, 9.17) is 14.6 Å². The van der Waals surface area contributed by atoms with Gasteiger partial charge in [-0.1, -0.05) is 0 Å². The molecule has 1 saturated carbocycles. The molecule has 0 aromatic heterocycles. The summed E-state index contributed by atoms with van der Waals surface area (Å²) in [6.45, 7) is 5.80. The first kappa shape index (κ1) is 12.9. The summed E-state index contributed by atoms with van der Waals surface area (Å²) in [7, 11) is 0. The predicted molar refractivity (Wildman–Crippen MR) is 59.9 cm³/mol. The van der Waals surface area contributed by atoms with Crippen molar-refractivity contribution >= 4 is 0 Å². The average molecular weight is 216 g/mol. The molecule has 0 unspecified atom stereocenters. The van der Waals surface area contributed by atoms with Crippen LogP contribution in [0.1, 0.15) is 39.5 Å². The van der Waals surface area contributed by atoms with Crippen molar-refractivity contribution in [3.05, 3.63) is 0 Å². The highest BCUT2D eigenvalue weighted by Crippen LogP contribution is 2.25. The summed E-state index contributed by atoms with van der Waals surface area (Å²) in [6.07, 6.45) is 5.07. The molecule has 1 fully saturated rings. The van der Waals surface area contributed by atoms with Gasteiger partial charge in [0.05, 0.1) is 25.4 Å². The van der Waals surface area contributed by atoms with E-state index in [2.05, 4.69) is 0 Å². The predicted octanol–water partition coefficient (Wildman–Crippen LogP) is 1.98. The molecule has 1 rings (SSSR count). The fourth-order valence-electron chi connectivity index (χ4n) is 1.98. The van der Waals surface area contributed by atoms with Gasteiger partial charge in [-0.25, -0.2) is 0 Å². The minimum atomic E-state index is 0.290. The van der Waals surface area contributed by atoms with Crippen LogP contribution in [0.25, 0.3) is 0 Å². The Bertz CT molecular complexity index is 151. The number of rotatable bonds is 6. The van der Waals surface area contributed by atoms with Gasteiger partial charge >= 0.3 is 0 Å². The standard InChI is InChI=1S/C12H24O3/c1-10(2)14-7-8-15-12-5-3-11(9-13)4-6-12/h10-13H,3-9H2,1-2H3. The SMILES string of the molecule is CC(C)OCCOC1CCC(CO)CC1. The molecule has 1 N–H and O–H groups in total. The van der Waals surface area contributed by atoms with Crippen LogP contribution in [-0.2, 0) is 9.47 Å². The summed E-state index contributed by atoms with van der Waals surface area (Å²) in [5.41, 5.74) is 0. The highest BCUT2D eigenvalue weighted by atomic mass is 16.5. The Labute approximate surface area is 92.8 Å². The molecule has 0 spiro atoms. The van der Waals surface area contributed by atoms with Gasteiger partial charge in [0.2, 0.25) is 0 Å². The first-order chi connectivity index (χ1) is 7.22. The highest BCUT2D eigenvalue weighted by molar-refractivity contribution is 4.72. The quantitative estimate of drug-likeness (QED) is 0.690. The van der Waals surface area contributed by atoms with Gasteiger partial charge in [-0.2, -0.15) is 0 Å². The fourth-order valence-corrected chi connectivity index (χ4v) is 1.98. The fraction of sp³-hybridized carbons (Fsp3) is 1.00. The maximum Gasteiger partial charge on any atom is 0.0704 e. The van der Waals surface area contributed by atoms with Crippen molar-refractivity contribution in [3.63, 3.8) is 0 Å². The zero-order chi connectivity index (χ0) is 11.1. The molecule has 0 radical (unpaired) electrons. The third kappa shape index (κ3) is 5.50. The van der Waals surface area contributed by atoms with Crippen LogP contribution in [0.15, 0.2) is 0 Å². The molecule has 0 bridgehead atoms. The van der Waals surface area contributed by atoms with Crippen LogP contribution >= 0.6 is 0 Å². The van der Waals surface area contributed by atoms with Crippen LogP contribution < -0.4 is 0 Å². The van der Waals surface area contributed by atoms with Crippen LogP contribution in [0.5, 0.6) is 0 Å². The Kier molecular flexibility index (Phi) is 6.22. The molecule has 3 nitrogen and oxygen atoms in total. The molecule has 0 atom stereocenters. The lowest BCUT2D eigenvalue weighted by atomic mass is 9.88. The average Bonchev–Trinajstić information content (AvgIpc) is 2.25. The number of ether oxygens (including phenoxy) is 2. The van der Waals surface area contributed by atoms with Crippen molar-refractivity contribution in [3.8, 4) is 0 Å². The summed E-state index contributed by atoms with van der Waals surface area (Å²) in [4.78, 5) is 0. The third-order valence-corrected chi connectivity index (χ3v) is 2.94. The maximum atomic E-state index is 8.99. The lowest BCUT2D eigenvalue weighted by Gasteiger charge is -2.27. The molecule has 0 amide bonds. The van der Waals surface area contributed by atoms with Gasteiger partial charge in [0.1, 0.15) is 0 Å². The molecular formula is C12H24O3. The summed E-state index contributed by atoms with van der Waals surface area (Å²) < 4.78 is 11.1. The molecule has 0 heterocycles. The molecule has 90 valence electrons. The maximum absolute atomic E-state index is 8.99. The Hall–Kier alpha value is -0.120. The molecule has 1 aliphatic carbocycles. The van der Waals surface area contributed by atoms with E-state index in [9.17, 15) is 0 Å². The monoisotopic (exact) mass is 216 g/mol. The third-order valence-electron chi connectivity index (χ3n) is 2.94. The smallest absolute Gasteiger partial charge is 0.0704 e. The summed E-state index contributed by atoms with van der Waals surface area (Å²) in [5, 5.41) is 8.99. The van der Waals surface area contributed by atoms with E-state index in [1.54, 1.807) is 0 Å². The number of aliphatic hydroxyl groups excluding tert-OH is 1. The van der Waals surface area contributed by atoms with Gasteiger partial charge < -0.3 is 14.6 Å². The minimum Gasteiger partial charge on any atom is -0.396 e. The zero-order valence-corrected chi connectivity index (χ0v) is 9.95. The Balaban J connectivity index is 1.99. The summed E-state index contributed by atoms with van der Waals surface area (Å²) >= 11 is 0. The van der Waals surface area contributed by atoms with Crippen molar-refractivity contribution in [2.75, 3.05) is 19.8 Å². The molecule has 0 aromatic rings. The van der Waals surface area contributed by atoms with Crippen LogP contribution in [0.2, 0.25) is 0 Å². The van der Waals surface area contributed by atoms with E-state index in [1.165, 1.54) is 0 Å². The van der Waals surface area contributed by atoms with E-state index < -0.39 is 0 Å². The van der Waals surface area contributed by atoms with Gasteiger partial charge in [-0.15, -0.1) is 0 Å². The van der Waals surface area contributed by atoms with Crippen LogP contribution in [0, 0.1) is 5.92 Å². The second-order valence-electron chi connectivity index (χ2n) is 4.62. The van der Waals surface area contributed by atoms with Crippen LogP contribution in [-0.4, -0.2) is 37.1 Å². The van der Waals surface area contributed by atoms with Gasteiger partial charge in [-0.05, 0) is 45.4 Å². The minimum absolute atomic E-state index is 0.290. The first-order valence-electron chi connectivity index (χ1n) is 6.06. The van der Waals surface area contributed by atoms with Crippen molar-refractivity contribution < 1.29 is 14.6 Å². The zero-order valence-electron chi connectivity index (χ0n) is 9.95. The Morgan fingerprint density at radius 2 is 1.80 bits per heavy atom. The molecule has 0 saturated heterocycles. The number of hydrogen-bond acceptors (Lipinski definition) is 3. The van der Waals surface area contributed by atoms with E-state index in [0.29, 0.717) is 37.9 Å². The molecule has 3 heteroatoms. The summed E-state index contributed by atoms with van der Waals surface area (Å²) in [6, 6.07) is 0.